The third kappa shape index (κ3) is 5.55. The highest BCUT2D eigenvalue weighted by Crippen LogP contribution is 2.29. The first-order chi connectivity index (χ1) is 16.3. The number of carbonyl (C=O) groups is 2. The summed E-state index contributed by atoms with van der Waals surface area (Å²) in [6.07, 6.45) is 0.496. The molecule has 0 spiro atoms. The van der Waals surface area contributed by atoms with Gasteiger partial charge in [0.1, 0.15) is 11.9 Å². The van der Waals surface area contributed by atoms with Crippen molar-refractivity contribution in [2.45, 2.75) is 18.9 Å². The number of thiocarbonyl (C=S) groups is 1. The molecule has 0 aliphatic carbocycles. The van der Waals surface area contributed by atoms with Gasteiger partial charge >= 0.3 is 0 Å². The summed E-state index contributed by atoms with van der Waals surface area (Å²) in [6, 6.07) is 18.9. The second kappa shape index (κ2) is 10.5. The molecule has 9 heteroatoms. The Morgan fingerprint density at radius 3 is 2.15 bits per heavy atom. The standard InChI is InChI=1S/C25H20Cl2FN3O2S/c26-17-3-1-16(2-4-17)13-14-30-22(15-23(32)29-20-9-7-19(28)8-10-20)24(33)31(25(30)34)21-11-5-18(27)6-12-21/h1-12,22H,13-15H2,(H,29,32)/t22-/m1/s1. The zero-order valence-corrected chi connectivity index (χ0v) is 20.2. The van der Waals surface area contributed by atoms with E-state index in [-0.39, 0.29) is 18.2 Å². The third-order valence-electron chi connectivity index (χ3n) is 5.46. The van der Waals surface area contributed by atoms with Gasteiger partial charge < -0.3 is 10.2 Å². The second-order valence-corrected chi connectivity index (χ2v) is 9.02. The second-order valence-electron chi connectivity index (χ2n) is 7.78. The topological polar surface area (TPSA) is 52.7 Å². The Morgan fingerprint density at radius 2 is 1.53 bits per heavy atom. The lowest BCUT2D eigenvalue weighted by Gasteiger charge is -2.24. The SMILES string of the molecule is O=C(C[C@@H]1C(=O)N(c2ccc(Cl)cc2)C(=S)N1CCc1ccc(Cl)cc1)Nc1ccc(F)cc1. The van der Waals surface area contributed by atoms with Gasteiger partial charge in [-0.25, -0.2) is 4.39 Å². The summed E-state index contributed by atoms with van der Waals surface area (Å²) in [5.41, 5.74) is 2.05. The maximum Gasteiger partial charge on any atom is 0.256 e. The van der Waals surface area contributed by atoms with Crippen LogP contribution in [-0.2, 0) is 16.0 Å². The molecule has 34 heavy (non-hydrogen) atoms. The Morgan fingerprint density at radius 1 is 0.941 bits per heavy atom. The molecule has 1 heterocycles. The number of benzene rings is 3. The first-order valence-corrected chi connectivity index (χ1v) is 11.7. The van der Waals surface area contributed by atoms with Crippen molar-refractivity contribution in [3.63, 3.8) is 0 Å². The van der Waals surface area contributed by atoms with E-state index in [1.54, 1.807) is 41.3 Å². The number of rotatable bonds is 7. The minimum atomic E-state index is -0.782. The lowest BCUT2D eigenvalue weighted by Crippen LogP contribution is -2.39. The average molecular weight is 516 g/mol. The molecule has 0 saturated carbocycles. The summed E-state index contributed by atoms with van der Waals surface area (Å²) in [4.78, 5) is 29.4. The fourth-order valence-corrected chi connectivity index (χ4v) is 4.40. The fourth-order valence-electron chi connectivity index (χ4n) is 3.74. The quantitative estimate of drug-likeness (QED) is 0.409. The number of amides is 2. The molecule has 1 N–H and O–H groups in total. The van der Waals surface area contributed by atoms with E-state index in [4.69, 9.17) is 35.4 Å². The molecule has 1 atom stereocenters. The minimum Gasteiger partial charge on any atom is -0.336 e. The lowest BCUT2D eigenvalue weighted by atomic mass is 10.1. The monoisotopic (exact) mass is 515 g/mol. The molecule has 3 aromatic rings. The van der Waals surface area contributed by atoms with Gasteiger partial charge in [0.25, 0.3) is 5.91 Å². The molecule has 1 saturated heterocycles. The van der Waals surface area contributed by atoms with Crippen LogP contribution in [0.3, 0.4) is 0 Å². The Kier molecular flexibility index (Phi) is 7.46. The summed E-state index contributed by atoms with van der Waals surface area (Å²) in [5, 5.41) is 4.21. The Hall–Kier alpha value is -3.00. The molecule has 0 radical (unpaired) electrons. The summed E-state index contributed by atoms with van der Waals surface area (Å²) in [6.45, 7) is 0.435. The molecule has 0 unspecified atom stereocenters. The van der Waals surface area contributed by atoms with Crippen LogP contribution in [0, 0.1) is 5.82 Å². The first kappa shape index (κ1) is 24.1. The molecular weight excluding hydrogens is 496 g/mol. The van der Waals surface area contributed by atoms with E-state index in [1.165, 1.54) is 29.2 Å². The van der Waals surface area contributed by atoms with Crippen LogP contribution in [-0.4, -0.2) is 34.4 Å². The van der Waals surface area contributed by atoms with Crippen molar-refractivity contribution in [1.82, 2.24) is 4.90 Å². The number of nitrogens with one attached hydrogen (secondary N) is 1. The van der Waals surface area contributed by atoms with Gasteiger partial charge in [0, 0.05) is 22.3 Å². The van der Waals surface area contributed by atoms with Crippen molar-refractivity contribution in [2.24, 2.45) is 0 Å². The van der Waals surface area contributed by atoms with Gasteiger partial charge in [-0.05, 0) is 84.9 Å². The summed E-state index contributed by atoms with van der Waals surface area (Å²) in [5.74, 6) is -1.07. The van der Waals surface area contributed by atoms with Gasteiger partial charge in [-0.15, -0.1) is 0 Å². The summed E-state index contributed by atoms with van der Waals surface area (Å²) < 4.78 is 13.2. The van der Waals surface area contributed by atoms with Crippen LogP contribution in [0.5, 0.6) is 0 Å². The van der Waals surface area contributed by atoms with Crippen molar-refractivity contribution in [2.75, 3.05) is 16.8 Å². The lowest BCUT2D eigenvalue weighted by molar-refractivity contribution is -0.124. The zero-order valence-electron chi connectivity index (χ0n) is 17.9. The van der Waals surface area contributed by atoms with Crippen molar-refractivity contribution in [3.05, 3.63) is 94.2 Å². The fraction of sp³-hybridized carbons (Fsp3) is 0.160. The van der Waals surface area contributed by atoms with Crippen molar-refractivity contribution in [3.8, 4) is 0 Å². The molecule has 1 fully saturated rings. The predicted molar refractivity (Wildman–Crippen MR) is 137 cm³/mol. The number of hydrogen-bond donors (Lipinski definition) is 1. The van der Waals surface area contributed by atoms with E-state index in [2.05, 4.69) is 5.32 Å². The third-order valence-corrected chi connectivity index (χ3v) is 6.39. The molecule has 4 rings (SSSR count). The van der Waals surface area contributed by atoms with E-state index >= 15 is 0 Å². The number of halogens is 3. The number of anilines is 2. The zero-order chi connectivity index (χ0) is 24.2. The van der Waals surface area contributed by atoms with Crippen LogP contribution in [0.4, 0.5) is 15.8 Å². The van der Waals surface area contributed by atoms with Crippen molar-refractivity contribution < 1.29 is 14.0 Å². The Bertz CT molecular complexity index is 1200. The number of hydrogen-bond acceptors (Lipinski definition) is 3. The molecule has 1 aliphatic rings. The van der Waals surface area contributed by atoms with E-state index in [9.17, 15) is 14.0 Å². The van der Waals surface area contributed by atoms with Crippen LogP contribution in [0.2, 0.25) is 10.0 Å². The van der Waals surface area contributed by atoms with Gasteiger partial charge in [-0.1, -0.05) is 35.3 Å². The van der Waals surface area contributed by atoms with Gasteiger partial charge in [0.05, 0.1) is 12.1 Å². The van der Waals surface area contributed by atoms with Crippen LogP contribution < -0.4 is 10.2 Å². The molecule has 3 aromatic carbocycles. The molecule has 0 aromatic heterocycles. The largest absolute Gasteiger partial charge is 0.336 e. The van der Waals surface area contributed by atoms with Crippen molar-refractivity contribution >= 4 is 63.7 Å². The summed E-state index contributed by atoms with van der Waals surface area (Å²) in [7, 11) is 0. The molecule has 2 amide bonds. The highest BCUT2D eigenvalue weighted by Gasteiger charge is 2.43. The number of nitrogens with zero attached hydrogens (tertiary/aromatic N) is 2. The van der Waals surface area contributed by atoms with Crippen LogP contribution in [0.15, 0.2) is 72.8 Å². The normalized spacial score (nSPS) is 15.7. The van der Waals surface area contributed by atoms with Crippen LogP contribution in [0.1, 0.15) is 12.0 Å². The van der Waals surface area contributed by atoms with E-state index < -0.39 is 11.9 Å². The van der Waals surface area contributed by atoms with E-state index in [1.807, 2.05) is 12.1 Å². The van der Waals surface area contributed by atoms with Gasteiger partial charge in [-0.2, -0.15) is 0 Å². The average Bonchev–Trinajstić information content (AvgIpc) is 3.04. The Balaban J connectivity index is 1.55. The highest BCUT2D eigenvalue weighted by atomic mass is 35.5. The molecule has 5 nitrogen and oxygen atoms in total. The maximum atomic E-state index is 13.4. The van der Waals surface area contributed by atoms with E-state index in [0.717, 1.165) is 5.56 Å². The molecule has 174 valence electrons. The van der Waals surface area contributed by atoms with Crippen molar-refractivity contribution in [1.29, 1.82) is 0 Å². The van der Waals surface area contributed by atoms with Crippen LogP contribution in [0.25, 0.3) is 0 Å². The maximum absolute atomic E-state index is 13.4. The van der Waals surface area contributed by atoms with Gasteiger partial charge in [-0.3, -0.25) is 14.5 Å². The van der Waals surface area contributed by atoms with Gasteiger partial charge in [0.2, 0.25) is 5.91 Å². The van der Waals surface area contributed by atoms with E-state index in [0.29, 0.717) is 39.5 Å². The molecule has 0 bridgehead atoms. The predicted octanol–water partition coefficient (Wildman–Crippen LogP) is 5.71. The minimum absolute atomic E-state index is 0.110. The molecule has 1 aliphatic heterocycles. The highest BCUT2D eigenvalue weighted by molar-refractivity contribution is 7.80. The number of carbonyl (C=O) groups excluding carboxylic acids is 2. The summed E-state index contributed by atoms with van der Waals surface area (Å²) >= 11 is 17.6. The van der Waals surface area contributed by atoms with Crippen LogP contribution >= 0.6 is 35.4 Å². The molecular formula is C25H20Cl2FN3O2S. The first-order valence-electron chi connectivity index (χ1n) is 10.5. The smallest absolute Gasteiger partial charge is 0.256 e. The Labute approximate surface area is 212 Å². The van der Waals surface area contributed by atoms with Gasteiger partial charge in [0.15, 0.2) is 5.11 Å².